The Balaban J connectivity index is 2.57. The third-order valence-corrected chi connectivity index (χ3v) is 2.17. The van der Waals surface area contributed by atoms with Gasteiger partial charge in [0.05, 0.1) is 7.11 Å². The summed E-state index contributed by atoms with van der Waals surface area (Å²) in [5, 5.41) is 3.13. The van der Waals surface area contributed by atoms with E-state index in [1.165, 1.54) is 0 Å². The largest absolute Gasteiger partial charge is 0.497 e. The maximum absolute atomic E-state index is 11.7. The van der Waals surface area contributed by atoms with E-state index in [0.29, 0.717) is 12.0 Å². The Morgan fingerprint density at radius 3 is 2.93 bits per heavy atom. The first-order chi connectivity index (χ1) is 7.27. The van der Waals surface area contributed by atoms with Crippen LogP contribution >= 0.6 is 0 Å². The number of carbonyl (C=O) groups excluding carboxylic acids is 1. The van der Waals surface area contributed by atoms with E-state index in [2.05, 4.69) is 5.32 Å². The molecule has 3 nitrogen and oxygen atoms in total. The standard InChI is InChI=1S/C12H17NO2/c1-3-13-8-7-12(14)10-5-4-6-11(9-10)15-2/h4-6,9,13H,3,7-8H2,1-2H3. The van der Waals surface area contributed by atoms with Crippen LogP contribution in [0, 0.1) is 0 Å². The molecule has 0 atom stereocenters. The fourth-order valence-corrected chi connectivity index (χ4v) is 1.32. The number of hydrogen-bond acceptors (Lipinski definition) is 3. The first-order valence-electron chi connectivity index (χ1n) is 5.16. The van der Waals surface area contributed by atoms with Crippen molar-refractivity contribution in [1.82, 2.24) is 5.32 Å². The predicted octanol–water partition coefficient (Wildman–Crippen LogP) is 1.88. The molecule has 0 radical (unpaired) electrons. The summed E-state index contributed by atoms with van der Waals surface area (Å²) in [6.07, 6.45) is 0.529. The van der Waals surface area contributed by atoms with Crippen LogP contribution in [0.25, 0.3) is 0 Å². The SMILES string of the molecule is CCNCCC(=O)c1cccc(OC)c1. The molecule has 0 heterocycles. The fraction of sp³-hybridized carbons (Fsp3) is 0.417. The fourth-order valence-electron chi connectivity index (χ4n) is 1.32. The van der Waals surface area contributed by atoms with Crippen molar-refractivity contribution in [2.45, 2.75) is 13.3 Å². The van der Waals surface area contributed by atoms with Crippen molar-refractivity contribution in [2.75, 3.05) is 20.2 Å². The lowest BCUT2D eigenvalue weighted by Crippen LogP contribution is -2.17. The molecule has 1 rings (SSSR count). The smallest absolute Gasteiger partial charge is 0.164 e. The molecule has 3 heteroatoms. The van der Waals surface area contributed by atoms with Gasteiger partial charge < -0.3 is 10.1 Å². The highest BCUT2D eigenvalue weighted by Gasteiger charge is 2.05. The molecule has 0 aliphatic rings. The lowest BCUT2D eigenvalue weighted by Gasteiger charge is -2.04. The number of ketones is 1. The molecule has 0 aromatic heterocycles. The van der Waals surface area contributed by atoms with Gasteiger partial charge in [0.2, 0.25) is 0 Å². The minimum absolute atomic E-state index is 0.148. The molecule has 82 valence electrons. The quantitative estimate of drug-likeness (QED) is 0.571. The van der Waals surface area contributed by atoms with Crippen LogP contribution in [0.4, 0.5) is 0 Å². The van der Waals surface area contributed by atoms with Crippen LogP contribution in [0.3, 0.4) is 0 Å². The minimum atomic E-state index is 0.148. The van der Waals surface area contributed by atoms with Gasteiger partial charge in [0.25, 0.3) is 0 Å². The number of Topliss-reactive ketones (excluding diaryl/α,β-unsaturated/α-hetero) is 1. The number of benzene rings is 1. The average molecular weight is 207 g/mol. The summed E-state index contributed by atoms with van der Waals surface area (Å²) < 4.78 is 5.06. The molecule has 0 spiro atoms. The van der Waals surface area contributed by atoms with Gasteiger partial charge in [0.15, 0.2) is 5.78 Å². The number of hydrogen-bond donors (Lipinski definition) is 1. The Hall–Kier alpha value is -1.35. The van der Waals surface area contributed by atoms with Crippen LogP contribution in [0.15, 0.2) is 24.3 Å². The summed E-state index contributed by atoms with van der Waals surface area (Å²) in [6, 6.07) is 7.26. The Morgan fingerprint density at radius 2 is 2.27 bits per heavy atom. The molecule has 0 aliphatic heterocycles. The number of methoxy groups -OCH3 is 1. The predicted molar refractivity (Wildman–Crippen MR) is 60.5 cm³/mol. The molecule has 0 saturated heterocycles. The molecular formula is C12H17NO2. The van der Waals surface area contributed by atoms with Crippen molar-refractivity contribution in [3.8, 4) is 5.75 Å². The Labute approximate surface area is 90.4 Å². The van der Waals surface area contributed by atoms with Gasteiger partial charge >= 0.3 is 0 Å². The zero-order chi connectivity index (χ0) is 11.1. The van der Waals surface area contributed by atoms with E-state index in [0.717, 1.165) is 18.8 Å². The molecule has 0 aliphatic carbocycles. The van der Waals surface area contributed by atoms with E-state index in [9.17, 15) is 4.79 Å². The summed E-state index contributed by atoms with van der Waals surface area (Å²) >= 11 is 0. The van der Waals surface area contributed by atoms with Gasteiger partial charge in [-0.05, 0) is 18.7 Å². The van der Waals surface area contributed by atoms with Crippen LogP contribution in [-0.4, -0.2) is 26.0 Å². The Bertz CT molecular complexity index is 323. The molecule has 0 fully saturated rings. The normalized spacial score (nSPS) is 10.0. The van der Waals surface area contributed by atoms with Crippen LogP contribution in [0.2, 0.25) is 0 Å². The third kappa shape index (κ3) is 3.72. The molecular weight excluding hydrogens is 190 g/mol. The molecule has 0 unspecified atom stereocenters. The van der Waals surface area contributed by atoms with Crippen LogP contribution in [0.1, 0.15) is 23.7 Å². The number of nitrogens with one attached hydrogen (secondary N) is 1. The van der Waals surface area contributed by atoms with Gasteiger partial charge in [-0.15, -0.1) is 0 Å². The van der Waals surface area contributed by atoms with E-state index in [-0.39, 0.29) is 5.78 Å². The van der Waals surface area contributed by atoms with Crippen LogP contribution in [-0.2, 0) is 0 Å². The summed E-state index contributed by atoms with van der Waals surface area (Å²) in [6.45, 7) is 3.65. The second-order valence-corrected chi connectivity index (χ2v) is 3.26. The van der Waals surface area contributed by atoms with E-state index in [1.807, 2.05) is 25.1 Å². The third-order valence-electron chi connectivity index (χ3n) is 2.17. The maximum Gasteiger partial charge on any atom is 0.164 e. The van der Waals surface area contributed by atoms with Gasteiger partial charge in [0.1, 0.15) is 5.75 Å². The highest BCUT2D eigenvalue weighted by atomic mass is 16.5. The van der Waals surface area contributed by atoms with Crippen molar-refractivity contribution in [1.29, 1.82) is 0 Å². The highest BCUT2D eigenvalue weighted by Crippen LogP contribution is 2.13. The van der Waals surface area contributed by atoms with Crippen molar-refractivity contribution >= 4 is 5.78 Å². The zero-order valence-corrected chi connectivity index (χ0v) is 9.25. The monoisotopic (exact) mass is 207 g/mol. The maximum atomic E-state index is 11.7. The van der Waals surface area contributed by atoms with E-state index >= 15 is 0 Å². The van der Waals surface area contributed by atoms with Gasteiger partial charge in [-0.25, -0.2) is 0 Å². The highest BCUT2D eigenvalue weighted by molar-refractivity contribution is 5.96. The lowest BCUT2D eigenvalue weighted by molar-refractivity contribution is 0.0982. The van der Waals surface area contributed by atoms with Crippen molar-refractivity contribution in [3.63, 3.8) is 0 Å². The van der Waals surface area contributed by atoms with E-state index in [1.54, 1.807) is 13.2 Å². The van der Waals surface area contributed by atoms with Gasteiger partial charge in [-0.3, -0.25) is 4.79 Å². The molecule has 0 saturated carbocycles. The molecule has 1 N–H and O–H groups in total. The first kappa shape index (κ1) is 11.7. The first-order valence-corrected chi connectivity index (χ1v) is 5.16. The van der Waals surface area contributed by atoms with Crippen molar-refractivity contribution < 1.29 is 9.53 Å². The minimum Gasteiger partial charge on any atom is -0.497 e. The second kappa shape index (κ2) is 6.19. The van der Waals surface area contributed by atoms with E-state index < -0.39 is 0 Å². The van der Waals surface area contributed by atoms with E-state index in [4.69, 9.17) is 4.74 Å². The second-order valence-electron chi connectivity index (χ2n) is 3.26. The van der Waals surface area contributed by atoms with Crippen LogP contribution in [0.5, 0.6) is 5.75 Å². The lowest BCUT2D eigenvalue weighted by atomic mass is 10.1. The number of rotatable bonds is 6. The van der Waals surface area contributed by atoms with Gasteiger partial charge in [-0.1, -0.05) is 19.1 Å². The summed E-state index contributed by atoms with van der Waals surface area (Å²) in [5.74, 6) is 0.874. The molecule has 0 amide bonds. The van der Waals surface area contributed by atoms with Gasteiger partial charge in [0, 0.05) is 18.5 Å². The number of ether oxygens (including phenoxy) is 1. The van der Waals surface area contributed by atoms with Crippen molar-refractivity contribution in [3.05, 3.63) is 29.8 Å². The van der Waals surface area contributed by atoms with Gasteiger partial charge in [-0.2, -0.15) is 0 Å². The molecule has 1 aromatic carbocycles. The Kier molecular flexibility index (Phi) is 4.84. The molecule has 0 bridgehead atoms. The summed E-state index contributed by atoms with van der Waals surface area (Å²) in [5.41, 5.74) is 0.715. The Morgan fingerprint density at radius 1 is 1.47 bits per heavy atom. The molecule has 15 heavy (non-hydrogen) atoms. The topological polar surface area (TPSA) is 38.3 Å². The zero-order valence-electron chi connectivity index (χ0n) is 9.25. The summed E-state index contributed by atoms with van der Waals surface area (Å²) in [4.78, 5) is 11.7. The van der Waals surface area contributed by atoms with Crippen LogP contribution < -0.4 is 10.1 Å². The summed E-state index contributed by atoms with van der Waals surface area (Å²) in [7, 11) is 1.60. The number of carbonyl (C=O) groups is 1. The average Bonchev–Trinajstić information content (AvgIpc) is 2.29. The molecule has 1 aromatic rings. The van der Waals surface area contributed by atoms with Crippen molar-refractivity contribution in [2.24, 2.45) is 0 Å².